The largest absolute Gasteiger partial charge is 0.497 e. The highest BCUT2D eigenvalue weighted by Crippen LogP contribution is 2.18. The number of urea groups is 1. The van der Waals surface area contributed by atoms with E-state index < -0.39 is 0 Å². The SMILES string of the molecule is C=C(CN1CCNCC1)CN(CCN(CC)c1cccc(C)c1)C(=O)Nc1cccc(OC)c1. The number of piperazine rings is 1. The summed E-state index contributed by atoms with van der Waals surface area (Å²) in [6, 6.07) is 15.8. The molecule has 2 aromatic carbocycles. The number of nitrogens with zero attached hydrogens (tertiary/aromatic N) is 3. The van der Waals surface area contributed by atoms with E-state index in [0.717, 1.165) is 51.4 Å². The molecule has 0 spiro atoms. The number of benzene rings is 2. The minimum atomic E-state index is -0.130. The molecule has 0 aromatic heterocycles. The van der Waals surface area contributed by atoms with Crippen molar-refractivity contribution < 1.29 is 9.53 Å². The molecule has 0 saturated carbocycles. The van der Waals surface area contributed by atoms with Crippen LogP contribution in [0.4, 0.5) is 16.2 Å². The molecule has 0 radical (unpaired) electrons. The van der Waals surface area contributed by atoms with E-state index in [1.807, 2.05) is 29.2 Å². The molecule has 1 aliphatic rings. The Hall–Kier alpha value is -3.03. The number of hydrogen-bond donors (Lipinski definition) is 2. The van der Waals surface area contributed by atoms with Crippen molar-refractivity contribution in [3.8, 4) is 5.75 Å². The summed E-state index contributed by atoms with van der Waals surface area (Å²) in [6.07, 6.45) is 0. The predicted molar refractivity (Wildman–Crippen MR) is 141 cm³/mol. The van der Waals surface area contributed by atoms with Crippen molar-refractivity contribution in [2.45, 2.75) is 13.8 Å². The lowest BCUT2D eigenvalue weighted by Crippen LogP contribution is -2.46. The van der Waals surface area contributed by atoms with Crippen LogP contribution in [0.5, 0.6) is 5.75 Å². The van der Waals surface area contributed by atoms with Crippen LogP contribution in [0.2, 0.25) is 0 Å². The Kier molecular flexibility index (Phi) is 9.79. The number of likely N-dealkylation sites (N-methyl/N-ethyl adjacent to an activating group) is 1. The minimum Gasteiger partial charge on any atom is -0.497 e. The Morgan fingerprint density at radius 1 is 1.15 bits per heavy atom. The lowest BCUT2D eigenvalue weighted by Gasteiger charge is -2.32. The summed E-state index contributed by atoms with van der Waals surface area (Å²) in [4.78, 5) is 19.9. The number of ether oxygens (including phenoxy) is 1. The molecule has 184 valence electrons. The first-order chi connectivity index (χ1) is 16.5. The van der Waals surface area contributed by atoms with Crippen LogP contribution in [-0.4, -0.2) is 81.8 Å². The summed E-state index contributed by atoms with van der Waals surface area (Å²) in [5, 5.41) is 6.42. The molecule has 1 heterocycles. The maximum atomic E-state index is 13.3. The zero-order chi connectivity index (χ0) is 24.3. The lowest BCUT2D eigenvalue weighted by atomic mass is 10.2. The third-order valence-electron chi connectivity index (χ3n) is 6.07. The van der Waals surface area contributed by atoms with E-state index >= 15 is 0 Å². The second-order valence-electron chi connectivity index (χ2n) is 8.78. The van der Waals surface area contributed by atoms with Crippen LogP contribution in [0.3, 0.4) is 0 Å². The fraction of sp³-hybridized carbons (Fsp3) is 0.444. The fourth-order valence-corrected chi connectivity index (χ4v) is 4.20. The fourth-order valence-electron chi connectivity index (χ4n) is 4.20. The summed E-state index contributed by atoms with van der Waals surface area (Å²) in [7, 11) is 1.62. The van der Waals surface area contributed by atoms with Gasteiger partial charge in [-0.1, -0.05) is 24.8 Å². The predicted octanol–water partition coefficient (Wildman–Crippen LogP) is 3.83. The molecule has 0 aliphatic carbocycles. The molecule has 34 heavy (non-hydrogen) atoms. The molecule has 1 saturated heterocycles. The molecule has 2 aromatic rings. The van der Waals surface area contributed by atoms with E-state index in [1.54, 1.807) is 7.11 Å². The van der Waals surface area contributed by atoms with Crippen LogP contribution >= 0.6 is 0 Å². The molecule has 1 aliphatic heterocycles. The van der Waals surface area contributed by atoms with E-state index in [-0.39, 0.29) is 6.03 Å². The van der Waals surface area contributed by atoms with Gasteiger partial charge in [-0.15, -0.1) is 0 Å². The molecule has 7 heteroatoms. The van der Waals surface area contributed by atoms with Crippen molar-refractivity contribution in [2.75, 3.05) is 76.2 Å². The molecule has 0 unspecified atom stereocenters. The third-order valence-corrected chi connectivity index (χ3v) is 6.07. The van der Waals surface area contributed by atoms with E-state index in [4.69, 9.17) is 4.74 Å². The second-order valence-corrected chi connectivity index (χ2v) is 8.78. The van der Waals surface area contributed by atoms with Gasteiger partial charge < -0.3 is 25.2 Å². The van der Waals surface area contributed by atoms with Crippen LogP contribution in [0.25, 0.3) is 0 Å². The number of carbonyl (C=O) groups excluding carboxylic acids is 1. The van der Waals surface area contributed by atoms with Crippen molar-refractivity contribution in [3.63, 3.8) is 0 Å². The second kappa shape index (κ2) is 13.0. The highest BCUT2D eigenvalue weighted by atomic mass is 16.5. The van der Waals surface area contributed by atoms with Crippen LogP contribution in [0, 0.1) is 6.92 Å². The van der Waals surface area contributed by atoms with Crippen molar-refractivity contribution in [3.05, 3.63) is 66.2 Å². The molecule has 1 fully saturated rings. The van der Waals surface area contributed by atoms with Crippen LogP contribution in [-0.2, 0) is 0 Å². The van der Waals surface area contributed by atoms with Gasteiger partial charge in [-0.2, -0.15) is 0 Å². The van der Waals surface area contributed by atoms with Crippen molar-refractivity contribution in [2.24, 2.45) is 0 Å². The van der Waals surface area contributed by atoms with Gasteiger partial charge in [-0.25, -0.2) is 4.79 Å². The Labute approximate surface area is 204 Å². The minimum absolute atomic E-state index is 0.130. The summed E-state index contributed by atoms with van der Waals surface area (Å²) >= 11 is 0. The smallest absolute Gasteiger partial charge is 0.322 e. The van der Waals surface area contributed by atoms with Crippen molar-refractivity contribution in [1.29, 1.82) is 0 Å². The summed E-state index contributed by atoms with van der Waals surface area (Å²) in [6.45, 7) is 16.1. The zero-order valence-corrected chi connectivity index (χ0v) is 20.8. The normalized spacial score (nSPS) is 13.9. The van der Waals surface area contributed by atoms with E-state index in [9.17, 15) is 4.79 Å². The monoisotopic (exact) mass is 465 g/mol. The third kappa shape index (κ3) is 7.78. The Morgan fingerprint density at radius 3 is 2.62 bits per heavy atom. The van der Waals surface area contributed by atoms with Gasteiger partial charge in [0.1, 0.15) is 5.75 Å². The maximum absolute atomic E-state index is 13.3. The Balaban J connectivity index is 1.68. The summed E-state index contributed by atoms with van der Waals surface area (Å²) in [5.41, 5.74) is 4.16. The number of hydrogen-bond acceptors (Lipinski definition) is 5. The molecule has 0 bridgehead atoms. The van der Waals surface area contributed by atoms with E-state index in [2.05, 4.69) is 65.1 Å². The quantitative estimate of drug-likeness (QED) is 0.494. The van der Waals surface area contributed by atoms with E-state index in [0.29, 0.717) is 24.5 Å². The average molecular weight is 466 g/mol. The molecule has 2 amide bonds. The first-order valence-corrected chi connectivity index (χ1v) is 12.1. The number of rotatable bonds is 11. The first-order valence-electron chi connectivity index (χ1n) is 12.1. The average Bonchev–Trinajstić information content (AvgIpc) is 2.84. The number of nitrogens with one attached hydrogen (secondary N) is 2. The molecule has 2 N–H and O–H groups in total. The Bertz CT molecular complexity index is 942. The van der Waals surface area contributed by atoms with Crippen LogP contribution in [0.1, 0.15) is 12.5 Å². The van der Waals surface area contributed by atoms with Gasteiger partial charge in [0.25, 0.3) is 0 Å². The summed E-state index contributed by atoms with van der Waals surface area (Å²) < 4.78 is 5.30. The topological polar surface area (TPSA) is 60.1 Å². The summed E-state index contributed by atoms with van der Waals surface area (Å²) in [5.74, 6) is 0.712. The zero-order valence-electron chi connectivity index (χ0n) is 20.8. The van der Waals surface area contributed by atoms with Gasteiger partial charge in [0.05, 0.1) is 7.11 Å². The molecular weight excluding hydrogens is 426 g/mol. The maximum Gasteiger partial charge on any atom is 0.322 e. The van der Waals surface area contributed by atoms with Gasteiger partial charge in [0.15, 0.2) is 0 Å². The molecule has 7 nitrogen and oxygen atoms in total. The van der Waals surface area contributed by atoms with Gasteiger partial charge in [-0.05, 0) is 49.2 Å². The highest BCUT2D eigenvalue weighted by molar-refractivity contribution is 5.89. The van der Waals surface area contributed by atoms with Crippen molar-refractivity contribution >= 4 is 17.4 Å². The van der Waals surface area contributed by atoms with Gasteiger partial charge in [0, 0.05) is 76.3 Å². The van der Waals surface area contributed by atoms with Crippen LogP contribution < -0.4 is 20.3 Å². The van der Waals surface area contributed by atoms with Crippen LogP contribution in [0.15, 0.2) is 60.7 Å². The number of methoxy groups -OCH3 is 1. The van der Waals surface area contributed by atoms with E-state index in [1.165, 1.54) is 11.3 Å². The van der Waals surface area contributed by atoms with Gasteiger partial charge in [0.2, 0.25) is 0 Å². The number of anilines is 2. The number of amides is 2. The van der Waals surface area contributed by atoms with Gasteiger partial charge in [-0.3, -0.25) is 4.90 Å². The number of aryl methyl sites for hydroxylation is 1. The van der Waals surface area contributed by atoms with Crippen molar-refractivity contribution in [1.82, 2.24) is 15.1 Å². The molecule has 0 atom stereocenters. The number of carbonyl (C=O) groups is 1. The first kappa shape index (κ1) is 25.6. The lowest BCUT2D eigenvalue weighted by molar-refractivity contribution is 0.213. The Morgan fingerprint density at radius 2 is 1.91 bits per heavy atom. The van der Waals surface area contributed by atoms with Gasteiger partial charge >= 0.3 is 6.03 Å². The standard InChI is InChI=1S/C27H39N5O2/c1-5-31(25-10-6-8-22(2)18-25)16-17-32(21-23(3)20-30-14-12-28-13-15-30)27(33)29-24-9-7-11-26(19-24)34-4/h6-11,18-19,28H,3,5,12-17,20-21H2,1-2,4H3,(H,29,33). The highest BCUT2D eigenvalue weighted by Gasteiger charge is 2.19. The molecular formula is C27H39N5O2. The molecule has 3 rings (SSSR count).